The van der Waals surface area contributed by atoms with E-state index in [-0.39, 0.29) is 26.4 Å². The van der Waals surface area contributed by atoms with Crippen LogP contribution in [-0.4, -0.2) is 4.92 Å². The number of halogens is 2. The molecule has 0 heterocycles. The van der Waals surface area contributed by atoms with E-state index in [0.717, 1.165) is 6.07 Å². The minimum absolute atomic E-state index is 0.00935. The van der Waals surface area contributed by atoms with Crippen molar-refractivity contribution in [2.24, 2.45) is 0 Å². The zero-order valence-corrected chi connectivity index (χ0v) is 8.96. The standard InChI is InChI=1S/C7H3BrClN3O2/c8-5-4(12(13)14)1-3(2-10)7(11)6(5)9/h1H,11H2. The molecule has 0 saturated carbocycles. The van der Waals surface area contributed by atoms with Crippen molar-refractivity contribution in [3.05, 3.63) is 31.2 Å². The van der Waals surface area contributed by atoms with Crippen LogP contribution in [0, 0.1) is 21.4 Å². The van der Waals surface area contributed by atoms with Gasteiger partial charge < -0.3 is 5.73 Å². The Hall–Kier alpha value is -1.32. The topological polar surface area (TPSA) is 92.9 Å². The molecule has 72 valence electrons. The maximum Gasteiger partial charge on any atom is 0.286 e. The maximum atomic E-state index is 10.5. The van der Waals surface area contributed by atoms with Crippen molar-refractivity contribution in [2.45, 2.75) is 0 Å². The first kappa shape index (κ1) is 10.8. The molecule has 0 aliphatic rings. The largest absolute Gasteiger partial charge is 0.396 e. The molecule has 1 rings (SSSR count). The molecule has 0 saturated heterocycles. The molecule has 0 spiro atoms. The molecule has 2 N–H and O–H groups in total. The molecule has 0 aromatic heterocycles. The minimum atomic E-state index is -0.643. The fraction of sp³-hybridized carbons (Fsp3) is 0. The molecule has 0 bridgehead atoms. The number of nitriles is 1. The lowest BCUT2D eigenvalue weighted by Crippen LogP contribution is -1.97. The van der Waals surface area contributed by atoms with E-state index < -0.39 is 4.92 Å². The molecule has 0 fully saturated rings. The Morgan fingerprint density at radius 1 is 1.71 bits per heavy atom. The SMILES string of the molecule is N#Cc1cc([N+](=O)[O-])c(Br)c(Cl)c1N. The number of hydrogen-bond acceptors (Lipinski definition) is 4. The summed E-state index contributed by atoms with van der Waals surface area (Å²) in [5.74, 6) is 0. The molecular weight excluding hydrogens is 273 g/mol. The predicted molar refractivity (Wildman–Crippen MR) is 54.9 cm³/mol. The van der Waals surface area contributed by atoms with E-state index in [0.29, 0.717) is 0 Å². The van der Waals surface area contributed by atoms with Gasteiger partial charge in [0.1, 0.15) is 10.5 Å². The van der Waals surface area contributed by atoms with Crippen molar-refractivity contribution in [2.75, 3.05) is 5.73 Å². The highest BCUT2D eigenvalue weighted by atomic mass is 79.9. The van der Waals surface area contributed by atoms with Crippen LogP contribution < -0.4 is 5.73 Å². The summed E-state index contributed by atoms with van der Waals surface area (Å²) in [5.41, 5.74) is 5.20. The average molecular weight is 276 g/mol. The van der Waals surface area contributed by atoms with Gasteiger partial charge in [-0.1, -0.05) is 11.6 Å². The van der Waals surface area contributed by atoms with Crippen LogP contribution in [0.25, 0.3) is 0 Å². The van der Waals surface area contributed by atoms with Crippen LogP contribution in [0.3, 0.4) is 0 Å². The fourth-order valence-corrected chi connectivity index (χ4v) is 1.52. The number of hydrogen-bond donors (Lipinski definition) is 1. The van der Waals surface area contributed by atoms with Gasteiger partial charge in [0, 0.05) is 6.07 Å². The lowest BCUT2D eigenvalue weighted by Gasteiger charge is -2.03. The first-order chi connectivity index (χ1) is 6.49. The summed E-state index contributed by atoms with van der Waals surface area (Å²) < 4.78 is 0.0840. The lowest BCUT2D eigenvalue weighted by molar-refractivity contribution is -0.385. The van der Waals surface area contributed by atoms with Gasteiger partial charge in [-0.25, -0.2) is 0 Å². The smallest absolute Gasteiger partial charge is 0.286 e. The van der Waals surface area contributed by atoms with Crippen LogP contribution in [0.4, 0.5) is 11.4 Å². The Kier molecular flexibility index (Phi) is 2.93. The van der Waals surface area contributed by atoms with Gasteiger partial charge in [-0.2, -0.15) is 5.26 Å². The van der Waals surface area contributed by atoms with Crippen molar-refractivity contribution in [3.8, 4) is 6.07 Å². The molecule has 0 aliphatic carbocycles. The number of nitrogens with zero attached hydrogens (tertiary/aromatic N) is 2. The monoisotopic (exact) mass is 275 g/mol. The molecule has 0 amide bonds. The first-order valence-corrected chi connectivity index (χ1v) is 4.48. The zero-order valence-electron chi connectivity index (χ0n) is 6.62. The summed E-state index contributed by atoms with van der Waals surface area (Å²) >= 11 is 8.62. The van der Waals surface area contributed by atoms with E-state index >= 15 is 0 Å². The van der Waals surface area contributed by atoms with Crippen molar-refractivity contribution in [1.82, 2.24) is 0 Å². The van der Waals surface area contributed by atoms with Crippen LogP contribution >= 0.6 is 27.5 Å². The number of rotatable bonds is 1. The van der Waals surface area contributed by atoms with E-state index in [1.54, 1.807) is 6.07 Å². The minimum Gasteiger partial charge on any atom is -0.396 e. The summed E-state index contributed by atoms with van der Waals surface area (Å²) in [6.45, 7) is 0. The third-order valence-corrected chi connectivity index (χ3v) is 2.97. The summed E-state index contributed by atoms with van der Waals surface area (Å²) in [5, 5.41) is 19.1. The van der Waals surface area contributed by atoms with E-state index in [1.807, 2.05) is 0 Å². The molecule has 0 aliphatic heterocycles. The second kappa shape index (κ2) is 3.82. The fourth-order valence-electron chi connectivity index (χ4n) is 0.852. The number of benzene rings is 1. The number of nitro groups is 1. The quantitative estimate of drug-likeness (QED) is 0.484. The van der Waals surface area contributed by atoms with Crippen LogP contribution in [0.5, 0.6) is 0 Å². The van der Waals surface area contributed by atoms with Gasteiger partial charge >= 0.3 is 0 Å². The Morgan fingerprint density at radius 2 is 2.29 bits per heavy atom. The Morgan fingerprint density at radius 3 is 2.71 bits per heavy atom. The van der Waals surface area contributed by atoms with Crippen LogP contribution in [0.15, 0.2) is 10.5 Å². The predicted octanol–water partition coefficient (Wildman–Crippen LogP) is 2.46. The first-order valence-electron chi connectivity index (χ1n) is 3.31. The zero-order chi connectivity index (χ0) is 10.9. The van der Waals surface area contributed by atoms with E-state index in [1.165, 1.54) is 0 Å². The molecule has 0 radical (unpaired) electrons. The average Bonchev–Trinajstić information content (AvgIpc) is 2.14. The molecular formula is C7H3BrClN3O2. The molecule has 1 aromatic carbocycles. The highest BCUT2D eigenvalue weighted by Crippen LogP contribution is 2.38. The Bertz CT molecular complexity index is 455. The third kappa shape index (κ3) is 1.64. The van der Waals surface area contributed by atoms with E-state index in [4.69, 9.17) is 22.6 Å². The van der Waals surface area contributed by atoms with Crippen LogP contribution in [0.1, 0.15) is 5.56 Å². The molecule has 0 unspecified atom stereocenters. The molecule has 0 atom stereocenters. The van der Waals surface area contributed by atoms with Gasteiger partial charge in [-0.05, 0) is 15.9 Å². The second-order valence-electron chi connectivity index (χ2n) is 2.35. The number of nitro benzene ring substituents is 1. The summed E-state index contributed by atoms with van der Waals surface area (Å²) in [4.78, 5) is 9.88. The number of nitrogens with two attached hydrogens (primary N) is 1. The molecule has 7 heteroatoms. The van der Waals surface area contributed by atoms with Gasteiger partial charge in [-0.3, -0.25) is 10.1 Å². The second-order valence-corrected chi connectivity index (χ2v) is 3.52. The van der Waals surface area contributed by atoms with Crippen molar-refractivity contribution < 1.29 is 4.92 Å². The highest BCUT2D eigenvalue weighted by molar-refractivity contribution is 9.10. The highest BCUT2D eigenvalue weighted by Gasteiger charge is 2.20. The van der Waals surface area contributed by atoms with Crippen LogP contribution in [0.2, 0.25) is 5.02 Å². The van der Waals surface area contributed by atoms with Crippen LogP contribution in [-0.2, 0) is 0 Å². The normalized spacial score (nSPS) is 9.50. The van der Waals surface area contributed by atoms with Crippen molar-refractivity contribution in [1.29, 1.82) is 5.26 Å². The maximum absolute atomic E-state index is 10.5. The van der Waals surface area contributed by atoms with Gasteiger partial charge in [0.2, 0.25) is 0 Å². The van der Waals surface area contributed by atoms with E-state index in [2.05, 4.69) is 15.9 Å². The van der Waals surface area contributed by atoms with Gasteiger partial charge in [0.25, 0.3) is 5.69 Å². The Labute approximate surface area is 92.4 Å². The molecule has 14 heavy (non-hydrogen) atoms. The number of nitrogen functional groups attached to an aromatic ring is 1. The lowest BCUT2D eigenvalue weighted by atomic mass is 10.2. The summed E-state index contributed by atoms with van der Waals surface area (Å²) in [7, 11) is 0. The van der Waals surface area contributed by atoms with Gasteiger partial charge in [-0.15, -0.1) is 0 Å². The third-order valence-electron chi connectivity index (χ3n) is 1.54. The van der Waals surface area contributed by atoms with E-state index in [9.17, 15) is 10.1 Å². The van der Waals surface area contributed by atoms with Gasteiger partial charge in [0.15, 0.2) is 0 Å². The summed E-state index contributed by atoms with van der Waals surface area (Å²) in [6, 6.07) is 2.80. The molecule has 5 nitrogen and oxygen atoms in total. The summed E-state index contributed by atoms with van der Waals surface area (Å²) in [6.07, 6.45) is 0. The Balaban J connectivity index is 3.59. The number of anilines is 1. The van der Waals surface area contributed by atoms with Gasteiger partial charge in [0.05, 0.1) is 21.2 Å². The van der Waals surface area contributed by atoms with Crippen molar-refractivity contribution in [3.63, 3.8) is 0 Å². The molecule has 1 aromatic rings. The van der Waals surface area contributed by atoms with Crippen molar-refractivity contribution >= 4 is 38.9 Å².